The molecule has 142 valence electrons. The van der Waals surface area contributed by atoms with Crippen molar-refractivity contribution in [3.05, 3.63) is 29.3 Å². The summed E-state index contributed by atoms with van der Waals surface area (Å²) in [5, 5.41) is 3.11. The van der Waals surface area contributed by atoms with Gasteiger partial charge in [0.25, 0.3) is 0 Å². The fourth-order valence-corrected chi connectivity index (χ4v) is 3.81. The first-order chi connectivity index (χ1) is 12.4. The number of aryl methyl sites for hydroxylation is 1. The van der Waals surface area contributed by atoms with Crippen LogP contribution in [-0.4, -0.2) is 54.3 Å². The van der Waals surface area contributed by atoms with Crippen LogP contribution in [0.25, 0.3) is 0 Å². The molecule has 0 atom stereocenters. The maximum Gasteiger partial charge on any atom is 0.240 e. The highest BCUT2D eigenvalue weighted by atomic mass is 16.2. The molecule has 0 spiro atoms. The molecule has 1 saturated carbocycles. The molecule has 5 nitrogen and oxygen atoms in total. The Bertz CT molecular complexity index is 686. The fourth-order valence-electron chi connectivity index (χ4n) is 3.81. The van der Waals surface area contributed by atoms with Crippen LogP contribution >= 0.6 is 0 Å². The summed E-state index contributed by atoms with van der Waals surface area (Å²) in [6, 6.07) is 6.08. The van der Waals surface area contributed by atoms with Crippen LogP contribution in [0.3, 0.4) is 0 Å². The van der Waals surface area contributed by atoms with Gasteiger partial charge in [0.1, 0.15) is 5.41 Å². The van der Waals surface area contributed by atoms with Crippen molar-refractivity contribution in [1.82, 2.24) is 9.80 Å². The maximum atomic E-state index is 13.1. The molecule has 0 unspecified atom stereocenters. The molecule has 0 aromatic heterocycles. The van der Waals surface area contributed by atoms with Crippen LogP contribution in [0, 0.1) is 12.3 Å². The molecule has 1 aliphatic carbocycles. The van der Waals surface area contributed by atoms with Crippen molar-refractivity contribution in [3.63, 3.8) is 0 Å². The number of nitrogens with zero attached hydrogens (tertiary/aromatic N) is 2. The van der Waals surface area contributed by atoms with Crippen LogP contribution in [0.5, 0.6) is 0 Å². The molecule has 0 bridgehead atoms. The summed E-state index contributed by atoms with van der Waals surface area (Å²) in [6.45, 7) is 12.6. The molecule has 1 aliphatic heterocycles. The highest BCUT2D eigenvalue weighted by Crippen LogP contribution is 2.48. The second kappa shape index (κ2) is 7.39. The lowest BCUT2D eigenvalue weighted by molar-refractivity contribution is -0.143. The number of benzene rings is 1. The van der Waals surface area contributed by atoms with E-state index in [4.69, 9.17) is 0 Å². The lowest BCUT2D eigenvalue weighted by Gasteiger charge is -2.35. The molecule has 1 aromatic carbocycles. The van der Waals surface area contributed by atoms with Gasteiger partial charge < -0.3 is 15.1 Å². The Balaban J connectivity index is 1.73. The first-order valence-corrected chi connectivity index (χ1v) is 9.81. The number of para-hydroxylation sites is 1. The third-order valence-corrected chi connectivity index (χ3v) is 5.87. The Morgan fingerprint density at radius 1 is 1.15 bits per heavy atom. The number of carbonyl (C=O) groups is 2. The molecule has 3 rings (SSSR count). The number of likely N-dealkylation sites (N-methyl/N-ethyl adjacent to an activating group) is 1. The number of nitrogens with one attached hydrogen (secondary N) is 1. The Kier molecular flexibility index (Phi) is 5.37. The molecule has 0 radical (unpaired) electrons. The zero-order valence-corrected chi connectivity index (χ0v) is 16.5. The van der Waals surface area contributed by atoms with Gasteiger partial charge in [-0.25, -0.2) is 0 Å². The van der Waals surface area contributed by atoms with Gasteiger partial charge in [0.15, 0.2) is 0 Å². The van der Waals surface area contributed by atoms with Crippen molar-refractivity contribution in [2.24, 2.45) is 5.41 Å². The molecule has 2 amide bonds. The Morgan fingerprint density at radius 3 is 2.35 bits per heavy atom. The van der Waals surface area contributed by atoms with Gasteiger partial charge >= 0.3 is 0 Å². The van der Waals surface area contributed by atoms with E-state index in [1.165, 1.54) is 0 Å². The molecule has 1 N–H and O–H groups in total. The van der Waals surface area contributed by atoms with E-state index in [2.05, 4.69) is 37.1 Å². The minimum absolute atomic E-state index is 0.0189. The Morgan fingerprint density at radius 2 is 1.81 bits per heavy atom. The minimum atomic E-state index is -0.842. The summed E-state index contributed by atoms with van der Waals surface area (Å²) < 4.78 is 0. The van der Waals surface area contributed by atoms with Gasteiger partial charge in [-0.1, -0.05) is 39.0 Å². The summed E-state index contributed by atoms with van der Waals surface area (Å²) in [7, 11) is 0. The zero-order valence-electron chi connectivity index (χ0n) is 16.5. The van der Waals surface area contributed by atoms with Gasteiger partial charge in [-0.05, 0) is 43.4 Å². The van der Waals surface area contributed by atoms with Crippen molar-refractivity contribution < 1.29 is 9.59 Å². The molecule has 2 fully saturated rings. The van der Waals surface area contributed by atoms with Crippen LogP contribution in [-0.2, 0) is 9.59 Å². The Hall–Kier alpha value is -1.88. The summed E-state index contributed by atoms with van der Waals surface area (Å²) in [4.78, 5) is 30.3. The van der Waals surface area contributed by atoms with Crippen molar-refractivity contribution in [2.45, 2.75) is 46.5 Å². The first-order valence-electron chi connectivity index (χ1n) is 9.81. The number of rotatable bonds is 5. The molecular formula is C21H31N3O2. The maximum absolute atomic E-state index is 13.1. The van der Waals surface area contributed by atoms with Gasteiger partial charge in [0.05, 0.1) is 0 Å². The fraction of sp³-hybridized carbons (Fsp3) is 0.619. The molecule has 1 aromatic rings. The predicted molar refractivity (Wildman–Crippen MR) is 104 cm³/mol. The zero-order chi connectivity index (χ0) is 18.9. The summed E-state index contributed by atoms with van der Waals surface area (Å²) >= 11 is 0. The van der Waals surface area contributed by atoms with Gasteiger partial charge in [0, 0.05) is 31.9 Å². The van der Waals surface area contributed by atoms with E-state index in [1.54, 1.807) is 0 Å². The van der Waals surface area contributed by atoms with E-state index in [0.29, 0.717) is 18.8 Å². The van der Waals surface area contributed by atoms with Gasteiger partial charge in [0.2, 0.25) is 11.8 Å². The Labute approximate surface area is 156 Å². The van der Waals surface area contributed by atoms with E-state index in [-0.39, 0.29) is 11.8 Å². The summed E-state index contributed by atoms with van der Waals surface area (Å²) in [5.41, 5.74) is 2.20. The SMILES string of the molecule is CCN1CCN(C(=O)C2(C(=O)Nc3c(C)cccc3C(C)C)CC2)CC1. The standard InChI is InChI=1S/C21H31N3O2/c1-5-23-11-13-24(14-12-23)20(26)21(9-10-21)19(25)22-18-16(4)7-6-8-17(18)15(2)3/h6-8,15H,5,9-14H2,1-4H3,(H,22,25). The van der Waals surface area contributed by atoms with E-state index >= 15 is 0 Å². The summed E-state index contributed by atoms with van der Waals surface area (Å²) in [6.07, 6.45) is 1.32. The molecule has 1 heterocycles. The van der Waals surface area contributed by atoms with Gasteiger partial charge in [-0.15, -0.1) is 0 Å². The van der Waals surface area contributed by atoms with Crippen molar-refractivity contribution in [2.75, 3.05) is 38.0 Å². The van der Waals surface area contributed by atoms with Crippen molar-refractivity contribution in [1.29, 1.82) is 0 Å². The van der Waals surface area contributed by atoms with Crippen LogP contribution < -0.4 is 5.32 Å². The van der Waals surface area contributed by atoms with Gasteiger partial charge in [-0.3, -0.25) is 9.59 Å². The highest BCUT2D eigenvalue weighted by molar-refractivity contribution is 6.13. The average molecular weight is 357 g/mol. The van der Waals surface area contributed by atoms with Gasteiger partial charge in [-0.2, -0.15) is 0 Å². The molecular weight excluding hydrogens is 326 g/mol. The highest BCUT2D eigenvalue weighted by Gasteiger charge is 2.58. The van der Waals surface area contributed by atoms with Crippen LogP contribution in [0.1, 0.15) is 50.7 Å². The van der Waals surface area contributed by atoms with E-state index in [0.717, 1.165) is 49.5 Å². The smallest absolute Gasteiger partial charge is 0.240 e. The van der Waals surface area contributed by atoms with Crippen LogP contribution in [0.15, 0.2) is 18.2 Å². The average Bonchev–Trinajstić information content (AvgIpc) is 3.44. The number of hydrogen-bond donors (Lipinski definition) is 1. The third kappa shape index (κ3) is 3.50. The van der Waals surface area contributed by atoms with Crippen LogP contribution in [0.4, 0.5) is 5.69 Å². The quantitative estimate of drug-likeness (QED) is 0.824. The third-order valence-electron chi connectivity index (χ3n) is 5.87. The second-order valence-corrected chi connectivity index (χ2v) is 7.96. The normalized spacial score (nSPS) is 19.5. The molecule has 2 aliphatic rings. The van der Waals surface area contributed by atoms with E-state index in [1.807, 2.05) is 24.0 Å². The first kappa shape index (κ1) is 18.9. The van der Waals surface area contributed by atoms with E-state index in [9.17, 15) is 9.59 Å². The molecule has 1 saturated heterocycles. The number of hydrogen-bond acceptors (Lipinski definition) is 3. The second-order valence-electron chi connectivity index (χ2n) is 7.96. The topological polar surface area (TPSA) is 52.7 Å². The number of piperazine rings is 1. The minimum Gasteiger partial charge on any atom is -0.339 e. The van der Waals surface area contributed by atoms with Crippen molar-refractivity contribution in [3.8, 4) is 0 Å². The number of amides is 2. The predicted octanol–water partition coefficient (Wildman–Crippen LogP) is 3.00. The lowest BCUT2D eigenvalue weighted by atomic mass is 9.96. The van der Waals surface area contributed by atoms with Crippen LogP contribution in [0.2, 0.25) is 0 Å². The van der Waals surface area contributed by atoms with Crippen molar-refractivity contribution >= 4 is 17.5 Å². The summed E-state index contributed by atoms with van der Waals surface area (Å²) in [5.74, 6) is 0.209. The monoisotopic (exact) mass is 357 g/mol. The largest absolute Gasteiger partial charge is 0.339 e. The number of anilines is 1. The molecule has 5 heteroatoms. The number of carbonyl (C=O) groups excluding carboxylic acids is 2. The lowest BCUT2D eigenvalue weighted by Crippen LogP contribution is -2.52. The van der Waals surface area contributed by atoms with E-state index < -0.39 is 5.41 Å². The molecule has 26 heavy (non-hydrogen) atoms.